The molecule has 12 nitrogen and oxygen atoms in total. The first kappa shape index (κ1) is 33.9. The van der Waals surface area contributed by atoms with Crippen molar-refractivity contribution >= 4 is 56.6 Å². The van der Waals surface area contributed by atoms with Crippen molar-refractivity contribution in [1.29, 1.82) is 0 Å². The van der Waals surface area contributed by atoms with Crippen LogP contribution in [-0.2, 0) is 26.2 Å². The van der Waals surface area contributed by atoms with E-state index in [2.05, 4.69) is 20.3 Å². The molecule has 1 amide bonds. The second-order valence-corrected chi connectivity index (χ2v) is 13.0. The Kier molecular flexibility index (Phi) is 10.5. The highest BCUT2D eigenvalue weighted by Gasteiger charge is 2.29. The number of nitrogens with zero attached hydrogens (tertiary/aromatic N) is 5. The molecule has 2 N–H and O–H groups in total. The number of methoxy groups -OCH3 is 1. The van der Waals surface area contributed by atoms with Crippen LogP contribution in [0.2, 0.25) is 0 Å². The first-order valence-corrected chi connectivity index (χ1v) is 16.5. The fourth-order valence-corrected chi connectivity index (χ4v) is 6.22. The molecule has 1 aromatic heterocycles. The van der Waals surface area contributed by atoms with Gasteiger partial charge in [-0.1, -0.05) is 52.0 Å². The van der Waals surface area contributed by atoms with Gasteiger partial charge in [-0.05, 0) is 47.1 Å². The van der Waals surface area contributed by atoms with E-state index in [9.17, 15) is 18.4 Å². The van der Waals surface area contributed by atoms with E-state index in [1.807, 2.05) is 69.1 Å². The zero-order valence-corrected chi connectivity index (χ0v) is 28.0. The molecular formula is C34H40N6O6S. The number of hydrogen-bond donors (Lipinski definition) is 2. The molecule has 0 aliphatic carbocycles. The maximum Gasteiger partial charge on any atom is 0.296 e. The molecule has 0 spiro atoms. The van der Waals surface area contributed by atoms with Gasteiger partial charge < -0.3 is 14.8 Å². The molecule has 1 unspecified atom stereocenters. The Morgan fingerprint density at radius 1 is 1.06 bits per heavy atom. The molecule has 1 atom stereocenters. The van der Waals surface area contributed by atoms with Gasteiger partial charge in [0.25, 0.3) is 23.0 Å². The van der Waals surface area contributed by atoms with Crippen LogP contribution in [-0.4, -0.2) is 75.4 Å². The molecule has 248 valence electrons. The first-order chi connectivity index (χ1) is 22.5. The number of morpholine rings is 1. The lowest BCUT2D eigenvalue weighted by Gasteiger charge is -2.38. The van der Waals surface area contributed by atoms with E-state index < -0.39 is 23.0 Å². The van der Waals surface area contributed by atoms with Crippen LogP contribution in [0.25, 0.3) is 10.8 Å². The minimum Gasteiger partial charge on any atom is -0.492 e. The predicted molar refractivity (Wildman–Crippen MR) is 184 cm³/mol. The second-order valence-electron chi connectivity index (χ2n) is 12.1. The number of ether oxygens (including phenoxy) is 2. The fraction of sp³-hybridized carbons (Fsp3) is 0.353. The summed E-state index contributed by atoms with van der Waals surface area (Å²) in [7, 11) is 1.42. The molecule has 1 fully saturated rings. The number of anilines is 4. The average Bonchev–Trinajstić information content (AvgIpc) is 3.07. The molecular weight excluding hydrogens is 620 g/mol. The van der Waals surface area contributed by atoms with Gasteiger partial charge in [-0.3, -0.25) is 23.5 Å². The van der Waals surface area contributed by atoms with Crippen LogP contribution in [0.1, 0.15) is 50.0 Å². The summed E-state index contributed by atoms with van der Waals surface area (Å²) in [4.78, 5) is 36.2. The summed E-state index contributed by atoms with van der Waals surface area (Å²) in [5.41, 5.74) is 1.97. The summed E-state index contributed by atoms with van der Waals surface area (Å²) < 4.78 is 35.0. The molecule has 4 aromatic rings. The number of ketones is 1. The number of aromatic nitrogens is 2. The van der Waals surface area contributed by atoms with Crippen molar-refractivity contribution in [3.63, 3.8) is 0 Å². The maximum atomic E-state index is 13.9. The normalized spacial score (nSPS) is 14.4. The van der Waals surface area contributed by atoms with E-state index in [1.165, 1.54) is 17.7 Å². The smallest absolute Gasteiger partial charge is 0.296 e. The molecule has 0 bridgehead atoms. The number of carbonyl (C=O) groups excluding carboxylic acids is 2. The number of rotatable bonds is 11. The van der Waals surface area contributed by atoms with Gasteiger partial charge in [0.1, 0.15) is 6.33 Å². The van der Waals surface area contributed by atoms with Crippen molar-refractivity contribution in [3.8, 4) is 5.75 Å². The van der Waals surface area contributed by atoms with Crippen LogP contribution in [0, 0.1) is 0 Å². The first-order valence-electron chi connectivity index (χ1n) is 15.4. The summed E-state index contributed by atoms with van der Waals surface area (Å²) >= 11 is -2.35. The standard InChI is InChI=1S/C34H40N6O6S/c1-6-15-39(47(43)44)29-21-23(34(2,3)4)20-27(32(29)45-5)37-33(42)31(41)26-11-12-28(25-10-8-7-9-24(25)26)40(30-13-14-35-22-36-30)38-16-18-46-19-17-38/h7-14,20-22H,6,15-19H2,1-5H3,(H,37,42)(H,43,44). The Hall–Kier alpha value is -4.43. The monoisotopic (exact) mass is 660 g/mol. The number of hydrogen-bond acceptors (Lipinski definition) is 9. The quantitative estimate of drug-likeness (QED) is 0.121. The second kappa shape index (κ2) is 14.6. The van der Waals surface area contributed by atoms with Gasteiger partial charge in [-0.15, -0.1) is 0 Å². The fourth-order valence-electron chi connectivity index (χ4n) is 5.58. The molecule has 1 aliphatic rings. The van der Waals surface area contributed by atoms with Gasteiger partial charge >= 0.3 is 0 Å². The molecule has 2 heterocycles. The zero-order valence-electron chi connectivity index (χ0n) is 27.2. The van der Waals surface area contributed by atoms with Crippen LogP contribution >= 0.6 is 0 Å². The topological polar surface area (TPSA) is 137 Å². The number of fused-ring (bicyclic) bond motifs is 1. The highest BCUT2D eigenvalue weighted by atomic mass is 32.2. The van der Waals surface area contributed by atoms with Gasteiger partial charge in [-0.2, -0.15) is 0 Å². The van der Waals surface area contributed by atoms with Crippen LogP contribution in [0.4, 0.5) is 22.9 Å². The largest absolute Gasteiger partial charge is 0.492 e. The molecule has 1 saturated heterocycles. The third-order valence-corrected chi connectivity index (χ3v) is 8.66. The van der Waals surface area contributed by atoms with E-state index in [1.54, 1.807) is 24.4 Å². The Labute approximate surface area is 277 Å². The summed E-state index contributed by atoms with van der Waals surface area (Å²) in [6, 6.07) is 16.2. The van der Waals surface area contributed by atoms with Gasteiger partial charge in [0.2, 0.25) is 0 Å². The number of benzene rings is 3. The lowest BCUT2D eigenvalue weighted by atomic mass is 9.86. The van der Waals surface area contributed by atoms with E-state index >= 15 is 0 Å². The third-order valence-electron chi connectivity index (χ3n) is 7.91. The minimum absolute atomic E-state index is 0.182. The van der Waals surface area contributed by atoms with Crippen molar-refractivity contribution < 1.29 is 27.8 Å². The van der Waals surface area contributed by atoms with Gasteiger partial charge in [0.15, 0.2) is 11.6 Å². The lowest BCUT2D eigenvalue weighted by Crippen LogP contribution is -2.47. The summed E-state index contributed by atoms with van der Waals surface area (Å²) in [5, 5.41) is 8.24. The van der Waals surface area contributed by atoms with E-state index in [4.69, 9.17) is 9.47 Å². The van der Waals surface area contributed by atoms with Crippen molar-refractivity contribution in [2.45, 2.75) is 39.5 Å². The van der Waals surface area contributed by atoms with Crippen LogP contribution in [0.3, 0.4) is 0 Å². The summed E-state index contributed by atoms with van der Waals surface area (Å²) in [6.07, 6.45) is 3.76. The molecule has 5 rings (SSSR count). The Bertz CT molecular complexity index is 1770. The molecule has 0 radical (unpaired) electrons. The van der Waals surface area contributed by atoms with Crippen LogP contribution in [0.5, 0.6) is 5.75 Å². The van der Waals surface area contributed by atoms with Crippen molar-refractivity contribution in [2.75, 3.05) is 54.6 Å². The lowest BCUT2D eigenvalue weighted by molar-refractivity contribution is -0.112. The molecule has 3 aromatic carbocycles. The summed E-state index contributed by atoms with van der Waals surface area (Å²) in [5.74, 6) is -0.771. The van der Waals surface area contributed by atoms with Gasteiger partial charge in [0.05, 0.1) is 37.4 Å². The molecule has 47 heavy (non-hydrogen) atoms. The Balaban J connectivity index is 1.56. The Morgan fingerprint density at radius 3 is 2.40 bits per heavy atom. The average molecular weight is 661 g/mol. The molecule has 13 heteroatoms. The van der Waals surface area contributed by atoms with Crippen molar-refractivity contribution in [3.05, 3.63) is 78.2 Å². The number of hydrazine groups is 1. The SMILES string of the molecule is CCCN(c1cc(C(C)(C)C)cc(NC(=O)C(=O)c2ccc(N(c3ccncn3)N3CCOCC3)c3ccccc23)c1OC)S(=O)O. The number of amides is 1. The van der Waals surface area contributed by atoms with Crippen molar-refractivity contribution in [1.82, 2.24) is 15.0 Å². The predicted octanol–water partition coefficient (Wildman–Crippen LogP) is 5.50. The van der Waals surface area contributed by atoms with Gasteiger partial charge in [-0.25, -0.2) is 19.2 Å². The number of Topliss-reactive ketones (excluding diaryl/α,β-unsaturated/α-hetero) is 1. The highest BCUT2D eigenvalue weighted by molar-refractivity contribution is 7.80. The maximum absolute atomic E-state index is 13.9. The van der Waals surface area contributed by atoms with Crippen molar-refractivity contribution in [2.24, 2.45) is 0 Å². The zero-order chi connectivity index (χ0) is 33.7. The van der Waals surface area contributed by atoms with Crippen LogP contribution < -0.4 is 19.4 Å². The molecule has 0 saturated carbocycles. The number of nitrogens with one attached hydrogen (secondary N) is 1. The third kappa shape index (κ3) is 7.28. The minimum atomic E-state index is -2.35. The highest BCUT2D eigenvalue weighted by Crippen LogP contribution is 2.41. The number of carbonyl (C=O) groups is 2. The van der Waals surface area contributed by atoms with E-state index in [0.717, 1.165) is 16.6 Å². The van der Waals surface area contributed by atoms with E-state index in [-0.39, 0.29) is 29.0 Å². The van der Waals surface area contributed by atoms with Gasteiger partial charge in [0, 0.05) is 42.8 Å². The molecule has 1 aliphatic heterocycles. The Morgan fingerprint density at radius 2 is 1.79 bits per heavy atom. The van der Waals surface area contributed by atoms with Crippen LogP contribution in [0.15, 0.2) is 67.1 Å². The van der Waals surface area contributed by atoms with E-state index in [0.29, 0.717) is 49.6 Å². The summed E-state index contributed by atoms with van der Waals surface area (Å²) in [6.45, 7) is 10.5.